The molecule has 108 valence electrons. The van der Waals surface area contributed by atoms with Crippen molar-refractivity contribution in [3.63, 3.8) is 0 Å². The average molecular weight is 257 g/mol. The van der Waals surface area contributed by atoms with Crippen molar-refractivity contribution in [2.75, 3.05) is 13.2 Å². The van der Waals surface area contributed by atoms with E-state index in [0.717, 1.165) is 12.8 Å². The lowest BCUT2D eigenvalue weighted by Gasteiger charge is -2.20. The minimum Gasteiger partial charge on any atom is -0.396 e. The number of rotatable bonds is 13. The molecule has 0 bridgehead atoms. The van der Waals surface area contributed by atoms with Gasteiger partial charge in [0.1, 0.15) is 0 Å². The highest BCUT2D eigenvalue weighted by molar-refractivity contribution is 4.66. The second-order valence-electron chi connectivity index (χ2n) is 5.39. The van der Waals surface area contributed by atoms with E-state index in [-0.39, 0.29) is 0 Å². The summed E-state index contributed by atoms with van der Waals surface area (Å²) in [7, 11) is 0. The zero-order valence-electron chi connectivity index (χ0n) is 12.2. The van der Waals surface area contributed by atoms with Crippen LogP contribution < -0.4 is 0 Å². The molecule has 0 radical (unpaired) electrons. The van der Waals surface area contributed by atoms with Crippen LogP contribution in [0.2, 0.25) is 0 Å². The van der Waals surface area contributed by atoms with Crippen LogP contribution in [0.15, 0.2) is 5.18 Å². The van der Waals surface area contributed by atoms with Crippen molar-refractivity contribution in [3.05, 3.63) is 4.91 Å². The quantitative estimate of drug-likeness (QED) is 0.493. The van der Waals surface area contributed by atoms with Gasteiger partial charge < -0.3 is 5.11 Å². The highest BCUT2D eigenvalue weighted by Crippen LogP contribution is 2.25. The summed E-state index contributed by atoms with van der Waals surface area (Å²) in [5.41, 5.74) is 0. The molecule has 0 saturated carbocycles. The number of aliphatic hydroxyl groups is 1. The first-order chi connectivity index (χ1) is 8.78. The first kappa shape index (κ1) is 17.6. The van der Waals surface area contributed by atoms with Gasteiger partial charge in [-0.3, -0.25) is 0 Å². The van der Waals surface area contributed by atoms with E-state index >= 15 is 0 Å². The van der Waals surface area contributed by atoms with Crippen molar-refractivity contribution in [1.29, 1.82) is 0 Å². The monoisotopic (exact) mass is 257 g/mol. The van der Waals surface area contributed by atoms with Crippen LogP contribution in [0.4, 0.5) is 0 Å². The number of hydrogen-bond acceptors (Lipinski definition) is 3. The Morgan fingerprint density at radius 1 is 0.889 bits per heavy atom. The Bertz CT molecular complexity index is 185. The van der Waals surface area contributed by atoms with Crippen LogP contribution in [-0.4, -0.2) is 18.3 Å². The van der Waals surface area contributed by atoms with Gasteiger partial charge in [-0.15, -0.1) is 0 Å². The zero-order valence-corrected chi connectivity index (χ0v) is 12.2. The zero-order chi connectivity index (χ0) is 13.6. The number of hydrogen-bond donors (Lipinski definition) is 1. The molecule has 18 heavy (non-hydrogen) atoms. The molecule has 0 saturated heterocycles. The molecule has 3 nitrogen and oxygen atoms in total. The van der Waals surface area contributed by atoms with Crippen molar-refractivity contribution in [1.82, 2.24) is 0 Å². The van der Waals surface area contributed by atoms with Crippen molar-refractivity contribution >= 4 is 0 Å². The number of nitroso groups, excluding NO2 is 1. The van der Waals surface area contributed by atoms with E-state index < -0.39 is 0 Å². The summed E-state index contributed by atoms with van der Waals surface area (Å²) in [4.78, 5) is 10.2. The lowest BCUT2D eigenvalue weighted by atomic mass is 9.87. The maximum absolute atomic E-state index is 10.2. The third kappa shape index (κ3) is 9.58. The molecule has 0 spiro atoms. The highest BCUT2D eigenvalue weighted by Gasteiger charge is 2.13. The summed E-state index contributed by atoms with van der Waals surface area (Å²) in [6, 6.07) is 0. The second kappa shape index (κ2) is 13.0. The first-order valence-corrected chi connectivity index (χ1v) is 7.68. The minimum atomic E-state index is 0.308. The molecule has 2 unspecified atom stereocenters. The van der Waals surface area contributed by atoms with Crippen LogP contribution in [0.25, 0.3) is 0 Å². The third-order valence-electron chi connectivity index (χ3n) is 3.81. The van der Waals surface area contributed by atoms with Crippen LogP contribution in [-0.2, 0) is 0 Å². The summed E-state index contributed by atoms with van der Waals surface area (Å²) in [5.74, 6) is 1.31. The SMILES string of the molecule is CCCCC(CCO)CCC(CCC)CCN=O. The summed E-state index contributed by atoms with van der Waals surface area (Å²) in [6.07, 6.45) is 10.4. The molecular weight excluding hydrogens is 226 g/mol. The maximum atomic E-state index is 10.2. The largest absolute Gasteiger partial charge is 0.396 e. The molecule has 0 fully saturated rings. The normalized spacial score (nSPS) is 14.4. The van der Waals surface area contributed by atoms with Crippen LogP contribution in [0.3, 0.4) is 0 Å². The molecule has 0 aromatic carbocycles. The van der Waals surface area contributed by atoms with Gasteiger partial charge in [0.05, 0.1) is 6.54 Å². The van der Waals surface area contributed by atoms with Crippen LogP contribution in [0, 0.1) is 16.7 Å². The lowest BCUT2D eigenvalue weighted by molar-refractivity contribution is 0.234. The topological polar surface area (TPSA) is 49.7 Å². The molecule has 0 aromatic heterocycles. The summed E-state index contributed by atoms with van der Waals surface area (Å²) < 4.78 is 0. The second-order valence-corrected chi connectivity index (χ2v) is 5.39. The number of aliphatic hydroxyl groups excluding tert-OH is 1. The van der Waals surface area contributed by atoms with Crippen LogP contribution in [0.5, 0.6) is 0 Å². The van der Waals surface area contributed by atoms with Gasteiger partial charge in [-0.1, -0.05) is 64.0 Å². The van der Waals surface area contributed by atoms with Gasteiger partial charge in [-0.05, 0) is 24.7 Å². The molecule has 0 heterocycles. The Labute approximate surface area is 112 Å². The van der Waals surface area contributed by atoms with Gasteiger partial charge in [0.25, 0.3) is 0 Å². The Balaban J connectivity index is 3.96. The molecule has 0 rings (SSSR count). The van der Waals surface area contributed by atoms with E-state index in [2.05, 4.69) is 19.0 Å². The van der Waals surface area contributed by atoms with Gasteiger partial charge in [0.2, 0.25) is 0 Å². The van der Waals surface area contributed by atoms with Gasteiger partial charge in [-0.2, -0.15) is 4.91 Å². The van der Waals surface area contributed by atoms with Gasteiger partial charge >= 0.3 is 0 Å². The standard InChI is InChI=1S/C15H31NO2/c1-3-5-7-15(11-13-17)9-8-14(6-4-2)10-12-16-18/h14-15,17H,3-13H2,1-2H3. The van der Waals surface area contributed by atoms with Gasteiger partial charge in [-0.25, -0.2) is 0 Å². The molecule has 1 N–H and O–H groups in total. The van der Waals surface area contributed by atoms with Crippen LogP contribution >= 0.6 is 0 Å². The third-order valence-corrected chi connectivity index (χ3v) is 3.81. The Kier molecular flexibility index (Phi) is 12.7. The van der Waals surface area contributed by atoms with Crippen molar-refractivity contribution in [2.45, 2.75) is 71.6 Å². The highest BCUT2D eigenvalue weighted by atomic mass is 16.3. The number of nitrogens with zero attached hydrogens (tertiary/aromatic N) is 1. The van der Waals surface area contributed by atoms with E-state index in [4.69, 9.17) is 5.11 Å². The summed E-state index contributed by atoms with van der Waals surface area (Å²) >= 11 is 0. The fourth-order valence-electron chi connectivity index (χ4n) is 2.66. The van der Waals surface area contributed by atoms with E-state index in [1.54, 1.807) is 0 Å². The smallest absolute Gasteiger partial charge is 0.0813 e. The fraction of sp³-hybridized carbons (Fsp3) is 1.00. The maximum Gasteiger partial charge on any atom is 0.0813 e. The molecule has 0 aliphatic carbocycles. The van der Waals surface area contributed by atoms with Gasteiger partial charge in [0.15, 0.2) is 0 Å². The Morgan fingerprint density at radius 2 is 1.56 bits per heavy atom. The lowest BCUT2D eigenvalue weighted by Crippen LogP contribution is -2.09. The fourth-order valence-corrected chi connectivity index (χ4v) is 2.66. The molecule has 2 atom stereocenters. The van der Waals surface area contributed by atoms with Crippen molar-refractivity contribution in [2.24, 2.45) is 17.0 Å². The average Bonchev–Trinajstić information content (AvgIpc) is 2.38. The van der Waals surface area contributed by atoms with Gasteiger partial charge in [0, 0.05) is 6.61 Å². The Hall–Kier alpha value is -0.440. The molecule has 0 amide bonds. The van der Waals surface area contributed by atoms with Crippen molar-refractivity contribution in [3.8, 4) is 0 Å². The molecule has 3 heteroatoms. The Morgan fingerprint density at radius 3 is 2.06 bits per heavy atom. The van der Waals surface area contributed by atoms with Crippen molar-refractivity contribution < 1.29 is 5.11 Å². The molecular formula is C15H31NO2. The molecule has 0 aliphatic heterocycles. The van der Waals surface area contributed by atoms with Crippen LogP contribution in [0.1, 0.15) is 71.6 Å². The van der Waals surface area contributed by atoms with E-state index in [9.17, 15) is 4.91 Å². The predicted molar refractivity (Wildman–Crippen MR) is 77.6 cm³/mol. The summed E-state index contributed by atoms with van der Waals surface area (Å²) in [6.45, 7) is 5.18. The molecule has 0 aliphatic rings. The van der Waals surface area contributed by atoms with E-state index in [0.29, 0.717) is 25.0 Å². The minimum absolute atomic E-state index is 0.308. The first-order valence-electron chi connectivity index (χ1n) is 7.68. The molecule has 0 aromatic rings. The van der Waals surface area contributed by atoms with E-state index in [1.807, 2.05) is 0 Å². The number of unbranched alkanes of at least 4 members (excludes halogenated alkanes) is 1. The predicted octanol–water partition coefficient (Wildman–Crippen LogP) is 4.53. The van der Waals surface area contributed by atoms with E-state index in [1.165, 1.54) is 44.9 Å². The summed E-state index contributed by atoms with van der Waals surface area (Å²) in [5, 5.41) is 12.1.